The molecule has 0 aromatic heterocycles. The van der Waals surface area contributed by atoms with Crippen LogP contribution in [0, 0.1) is 5.92 Å². The molecule has 3 N–H and O–H groups in total. The van der Waals surface area contributed by atoms with Gasteiger partial charge in [0.25, 0.3) is 0 Å². The van der Waals surface area contributed by atoms with Crippen molar-refractivity contribution < 1.29 is 19.8 Å². The van der Waals surface area contributed by atoms with E-state index in [9.17, 15) is 14.7 Å². The Bertz CT molecular complexity index is 348. The lowest BCUT2D eigenvalue weighted by molar-refractivity contribution is -0.148. The number of rotatable bonds is 4. The number of nitrogens with zero attached hydrogens (tertiary/aromatic N) is 1. The molecule has 0 unspecified atom stereocenters. The summed E-state index contributed by atoms with van der Waals surface area (Å²) in [5.41, 5.74) is -1.05. The average molecular weight is 256 g/mol. The fraction of sp³-hybridized carbons (Fsp3) is 0.833. The summed E-state index contributed by atoms with van der Waals surface area (Å²) in [5.74, 6) is -0.618. The minimum absolute atomic E-state index is 0.233. The van der Waals surface area contributed by atoms with Crippen LogP contribution in [-0.4, -0.2) is 52.3 Å². The van der Waals surface area contributed by atoms with Crippen LogP contribution in [0.15, 0.2) is 0 Å². The molecule has 0 radical (unpaired) electrons. The van der Waals surface area contributed by atoms with Crippen molar-refractivity contribution in [3.8, 4) is 0 Å². The van der Waals surface area contributed by atoms with E-state index >= 15 is 0 Å². The van der Waals surface area contributed by atoms with Gasteiger partial charge in [-0.15, -0.1) is 0 Å². The monoisotopic (exact) mass is 256 g/mol. The van der Waals surface area contributed by atoms with Gasteiger partial charge in [0.1, 0.15) is 5.54 Å². The third-order valence-corrected chi connectivity index (χ3v) is 4.05. The third kappa shape index (κ3) is 2.43. The molecule has 102 valence electrons. The normalized spacial score (nSPS) is 28.8. The Morgan fingerprint density at radius 2 is 2.00 bits per heavy atom. The molecule has 6 heteroatoms. The molecule has 2 fully saturated rings. The zero-order chi connectivity index (χ0) is 13.3. The van der Waals surface area contributed by atoms with E-state index in [1.54, 1.807) is 7.05 Å². The largest absolute Gasteiger partial charge is 0.480 e. The molecule has 0 aliphatic heterocycles. The first-order valence-electron chi connectivity index (χ1n) is 6.38. The van der Waals surface area contributed by atoms with E-state index in [1.807, 2.05) is 0 Å². The Morgan fingerprint density at radius 3 is 2.39 bits per heavy atom. The number of aliphatic carboxylic acids is 1. The number of urea groups is 1. The molecule has 2 aliphatic carbocycles. The van der Waals surface area contributed by atoms with Crippen molar-refractivity contribution in [3.05, 3.63) is 0 Å². The second kappa shape index (κ2) is 4.76. The molecule has 0 aromatic carbocycles. The summed E-state index contributed by atoms with van der Waals surface area (Å²) in [6.07, 6.45) is 3.06. The lowest BCUT2D eigenvalue weighted by atomic mass is 9.77. The number of carboxylic acid groups (broad SMARTS) is 1. The summed E-state index contributed by atoms with van der Waals surface area (Å²) in [4.78, 5) is 24.5. The molecule has 0 saturated heterocycles. The topological polar surface area (TPSA) is 89.9 Å². The first-order chi connectivity index (χ1) is 8.43. The molecule has 0 spiro atoms. The fourth-order valence-electron chi connectivity index (χ4n) is 2.54. The highest BCUT2D eigenvalue weighted by Crippen LogP contribution is 2.32. The van der Waals surface area contributed by atoms with E-state index in [0.717, 1.165) is 19.3 Å². The maximum atomic E-state index is 11.9. The van der Waals surface area contributed by atoms with Gasteiger partial charge in [0.15, 0.2) is 0 Å². The fourth-order valence-corrected chi connectivity index (χ4v) is 2.54. The van der Waals surface area contributed by atoms with E-state index in [0.29, 0.717) is 25.3 Å². The summed E-state index contributed by atoms with van der Waals surface area (Å²) >= 11 is 0. The van der Waals surface area contributed by atoms with Crippen LogP contribution in [0.1, 0.15) is 32.1 Å². The summed E-state index contributed by atoms with van der Waals surface area (Å²) in [6, 6.07) is -0.335. The van der Waals surface area contributed by atoms with Crippen LogP contribution >= 0.6 is 0 Å². The number of amides is 2. The van der Waals surface area contributed by atoms with Crippen LogP contribution < -0.4 is 5.32 Å². The Morgan fingerprint density at radius 1 is 1.39 bits per heavy atom. The number of hydrogen-bond donors (Lipinski definition) is 3. The molecule has 2 saturated carbocycles. The van der Waals surface area contributed by atoms with Crippen LogP contribution in [0.3, 0.4) is 0 Å². The highest BCUT2D eigenvalue weighted by molar-refractivity contribution is 5.87. The molecule has 0 heterocycles. The van der Waals surface area contributed by atoms with Gasteiger partial charge in [-0.3, -0.25) is 0 Å². The first-order valence-corrected chi connectivity index (χ1v) is 6.38. The van der Waals surface area contributed by atoms with Crippen molar-refractivity contribution in [1.29, 1.82) is 0 Å². The van der Waals surface area contributed by atoms with E-state index in [1.165, 1.54) is 4.90 Å². The van der Waals surface area contributed by atoms with Crippen molar-refractivity contribution >= 4 is 12.0 Å². The Hall–Kier alpha value is -1.30. The van der Waals surface area contributed by atoms with Gasteiger partial charge >= 0.3 is 12.0 Å². The van der Waals surface area contributed by atoms with Crippen molar-refractivity contribution in [3.63, 3.8) is 0 Å². The second-order valence-electron chi connectivity index (χ2n) is 5.54. The molecule has 2 rings (SSSR count). The molecule has 2 aliphatic rings. The quantitative estimate of drug-likeness (QED) is 0.679. The van der Waals surface area contributed by atoms with E-state index in [4.69, 9.17) is 5.11 Å². The Labute approximate surface area is 106 Å². The summed E-state index contributed by atoms with van der Waals surface area (Å²) < 4.78 is 0. The van der Waals surface area contributed by atoms with Crippen LogP contribution in [0.25, 0.3) is 0 Å². The average Bonchev–Trinajstić information content (AvgIpc) is 2.20. The number of carbonyl (C=O) groups is 2. The number of carboxylic acids is 1. The lowest BCUT2D eigenvalue weighted by Gasteiger charge is -2.40. The lowest BCUT2D eigenvalue weighted by Crippen LogP contribution is -2.61. The SMILES string of the molecule is CN(CC1CC(O)C1)C(=O)NC1(C(=O)O)CCC1. The highest BCUT2D eigenvalue weighted by Gasteiger charge is 2.46. The number of nitrogens with one attached hydrogen (secondary N) is 1. The number of hydrogen-bond acceptors (Lipinski definition) is 3. The van der Waals surface area contributed by atoms with E-state index < -0.39 is 11.5 Å². The summed E-state index contributed by atoms with van der Waals surface area (Å²) in [6.45, 7) is 0.568. The molecule has 2 amide bonds. The third-order valence-electron chi connectivity index (χ3n) is 4.05. The Kier molecular flexibility index (Phi) is 3.47. The first kappa shape index (κ1) is 13.1. The Balaban J connectivity index is 1.81. The molecule has 0 bridgehead atoms. The summed E-state index contributed by atoms with van der Waals surface area (Å²) in [5, 5.41) is 20.9. The predicted molar refractivity (Wildman–Crippen MR) is 64.1 cm³/mol. The van der Waals surface area contributed by atoms with E-state index in [-0.39, 0.29) is 12.1 Å². The van der Waals surface area contributed by atoms with Gasteiger partial charge in [0, 0.05) is 13.6 Å². The minimum Gasteiger partial charge on any atom is -0.480 e. The molecule has 18 heavy (non-hydrogen) atoms. The van der Waals surface area contributed by atoms with Gasteiger partial charge in [-0.05, 0) is 38.0 Å². The zero-order valence-electron chi connectivity index (χ0n) is 10.6. The van der Waals surface area contributed by atoms with Crippen LogP contribution in [0.5, 0.6) is 0 Å². The minimum atomic E-state index is -1.05. The number of carbonyl (C=O) groups excluding carboxylic acids is 1. The predicted octanol–water partition coefficient (Wildman–Crippen LogP) is 0.406. The molecule has 6 nitrogen and oxygen atoms in total. The van der Waals surface area contributed by atoms with Crippen molar-refractivity contribution in [2.45, 2.75) is 43.7 Å². The standard InChI is InChI=1S/C12H20N2O4/c1-14(7-8-5-9(15)6-8)11(18)13-12(10(16)17)3-2-4-12/h8-9,15H,2-7H2,1H3,(H,13,18)(H,16,17). The van der Waals surface area contributed by atoms with Gasteiger partial charge < -0.3 is 20.4 Å². The summed E-state index contributed by atoms with van der Waals surface area (Å²) in [7, 11) is 1.66. The molecular weight excluding hydrogens is 236 g/mol. The molecule has 0 aromatic rings. The van der Waals surface area contributed by atoms with Gasteiger partial charge in [0.05, 0.1) is 6.10 Å². The smallest absolute Gasteiger partial charge is 0.329 e. The number of aliphatic hydroxyl groups excluding tert-OH is 1. The van der Waals surface area contributed by atoms with Crippen molar-refractivity contribution in [2.24, 2.45) is 5.92 Å². The second-order valence-corrected chi connectivity index (χ2v) is 5.54. The van der Waals surface area contributed by atoms with Gasteiger partial charge in [-0.1, -0.05) is 0 Å². The maximum Gasteiger partial charge on any atom is 0.329 e. The van der Waals surface area contributed by atoms with Crippen molar-refractivity contribution in [1.82, 2.24) is 10.2 Å². The molecular formula is C12H20N2O4. The van der Waals surface area contributed by atoms with Crippen molar-refractivity contribution in [2.75, 3.05) is 13.6 Å². The van der Waals surface area contributed by atoms with Crippen LogP contribution in [0.4, 0.5) is 4.79 Å². The highest BCUT2D eigenvalue weighted by atomic mass is 16.4. The van der Waals surface area contributed by atoms with Gasteiger partial charge in [-0.2, -0.15) is 0 Å². The molecule has 0 atom stereocenters. The van der Waals surface area contributed by atoms with Crippen LogP contribution in [-0.2, 0) is 4.79 Å². The van der Waals surface area contributed by atoms with Gasteiger partial charge in [-0.25, -0.2) is 9.59 Å². The maximum absolute atomic E-state index is 11.9. The number of aliphatic hydroxyl groups is 1. The zero-order valence-corrected chi connectivity index (χ0v) is 10.6. The van der Waals surface area contributed by atoms with Gasteiger partial charge in [0.2, 0.25) is 0 Å². The van der Waals surface area contributed by atoms with E-state index in [2.05, 4.69) is 5.32 Å². The van der Waals surface area contributed by atoms with Crippen LogP contribution in [0.2, 0.25) is 0 Å².